The van der Waals surface area contributed by atoms with Crippen LogP contribution in [0, 0.1) is 0 Å². The van der Waals surface area contributed by atoms with Crippen molar-refractivity contribution in [2.24, 2.45) is 0 Å². The lowest BCUT2D eigenvalue weighted by molar-refractivity contribution is -0.870. The van der Waals surface area contributed by atoms with E-state index in [9.17, 15) is 14.3 Å². The van der Waals surface area contributed by atoms with E-state index in [0.29, 0.717) is 17.4 Å². The summed E-state index contributed by atoms with van der Waals surface area (Å²) in [5.41, 5.74) is 0. The zero-order valence-corrected chi connectivity index (χ0v) is 35.6. The maximum absolute atomic E-state index is 12.6. The van der Waals surface area contributed by atoms with Crippen LogP contribution in [0.1, 0.15) is 162 Å². The highest BCUT2D eigenvalue weighted by molar-refractivity contribution is 7.47. The summed E-state index contributed by atoms with van der Waals surface area (Å²) < 4.78 is 34.6. The highest BCUT2D eigenvalue weighted by Gasteiger charge is 2.26. The average Bonchev–Trinajstić information content (AvgIpc) is 3.11. The Kier molecular flexibility index (Phi) is 35.6. The van der Waals surface area contributed by atoms with Crippen LogP contribution in [0.2, 0.25) is 0 Å². The van der Waals surface area contributed by atoms with Gasteiger partial charge in [0.25, 0.3) is 0 Å². The molecule has 0 aromatic rings. The molecule has 0 heterocycles. The van der Waals surface area contributed by atoms with Gasteiger partial charge in [0, 0.05) is 6.42 Å². The summed E-state index contributed by atoms with van der Waals surface area (Å²) in [6.45, 7) is 4.83. The molecular weight excluding hydrogens is 685 g/mol. The maximum atomic E-state index is 12.6. The van der Waals surface area contributed by atoms with Crippen LogP contribution in [0.5, 0.6) is 0 Å². The second-order valence-corrected chi connectivity index (χ2v) is 16.5. The predicted octanol–water partition coefficient (Wildman–Crippen LogP) is 12.5. The molecule has 0 aromatic carbocycles. The van der Waals surface area contributed by atoms with Crippen LogP contribution in [-0.2, 0) is 27.9 Å². The summed E-state index contributed by atoms with van der Waals surface area (Å²) >= 11 is 0. The molecule has 0 saturated carbocycles. The summed E-state index contributed by atoms with van der Waals surface area (Å²) in [4.78, 5) is 22.8. The Hall–Kier alpha value is -1.96. The van der Waals surface area contributed by atoms with Gasteiger partial charge >= 0.3 is 13.8 Å². The van der Waals surface area contributed by atoms with E-state index in [4.69, 9.17) is 18.5 Å². The van der Waals surface area contributed by atoms with Gasteiger partial charge in [-0.25, -0.2) is 4.57 Å². The Morgan fingerprint density at radius 1 is 0.604 bits per heavy atom. The van der Waals surface area contributed by atoms with Crippen molar-refractivity contribution in [3.05, 3.63) is 60.9 Å². The van der Waals surface area contributed by atoms with Gasteiger partial charge in [-0.1, -0.05) is 146 Å². The van der Waals surface area contributed by atoms with Gasteiger partial charge in [-0.15, -0.1) is 0 Å². The van der Waals surface area contributed by atoms with E-state index in [0.717, 1.165) is 38.5 Å². The van der Waals surface area contributed by atoms with Crippen molar-refractivity contribution in [1.29, 1.82) is 0 Å². The molecule has 1 unspecified atom stereocenters. The van der Waals surface area contributed by atoms with E-state index >= 15 is 0 Å². The number of unbranched alkanes of at least 4 members (excludes halogenated alkanes) is 16. The van der Waals surface area contributed by atoms with Crippen LogP contribution in [0.25, 0.3) is 0 Å². The molecule has 0 aromatic heterocycles. The van der Waals surface area contributed by atoms with Crippen molar-refractivity contribution in [2.75, 3.05) is 47.5 Å². The number of hydrogen-bond acceptors (Lipinski definition) is 6. The van der Waals surface area contributed by atoms with Gasteiger partial charge < -0.3 is 18.9 Å². The van der Waals surface area contributed by atoms with Crippen molar-refractivity contribution >= 4 is 13.8 Å². The fourth-order valence-electron chi connectivity index (χ4n) is 5.33. The molecule has 0 saturated heterocycles. The molecular formula is C44H81NO7P+. The Morgan fingerprint density at radius 3 is 1.60 bits per heavy atom. The molecule has 1 N–H and O–H groups in total. The number of phosphoric ester groups is 1. The molecule has 2 atom stereocenters. The van der Waals surface area contributed by atoms with Crippen molar-refractivity contribution in [3.63, 3.8) is 0 Å². The first-order valence-corrected chi connectivity index (χ1v) is 22.6. The Labute approximate surface area is 326 Å². The van der Waals surface area contributed by atoms with Gasteiger partial charge in [0.15, 0.2) is 6.10 Å². The maximum Gasteiger partial charge on any atom is 0.472 e. The smallest absolute Gasteiger partial charge is 0.472 e. The second-order valence-electron chi connectivity index (χ2n) is 15.1. The van der Waals surface area contributed by atoms with Gasteiger partial charge in [0.2, 0.25) is 0 Å². The molecule has 0 aliphatic carbocycles. The third-order valence-electron chi connectivity index (χ3n) is 8.65. The van der Waals surface area contributed by atoms with Gasteiger partial charge in [0.05, 0.1) is 34.0 Å². The number of likely N-dealkylation sites (N-methyl/N-ethyl adjacent to an activating group) is 1. The summed E-state index contributed by atoms with van der Waals surface area (Å²) in [5.74, 6) is -0.391. The number of allylic oxidation sites excluding steroid dienone is 9. The zero-order valence-electron chi connectivity index (χ0n) is 34.7. The monoisotopic (exact) mass is 767 g/mol. The highest BCUT2D eigenvalue weighted by Crippen LogP contribution is 2.43. The molecule has 0 spiro atoms. The van der Waals surface area contributed by atoms with Crippen molar-refractivity contribution in [1.82, 2.24) is 0 Å². The first kappa shape index (κ1) is 51.0. The number of quaternary nitrogens is 1. The molecule has 0 amide bonds. The first-order valence-electron chi connectivity index (χ1n) is 21.1. The molecule has 0 aliphatic heterocycles. The fourth-order valence-corrected chi connectivity index (χ4v) is 6.07. The number of carbonyl (C=O) groups excluding carboxylic acids is 1. The van der Waals surface area contributed by atoms with Gasteiger partial charge in [-0.2, -0.15) is 0 Å². The SMILES string of the molecule is CCCCC/C=C\C/C=C\C/C=C\C/C=C\CCCC(=O)O[C@H](CO/C=C\CCCCCCCCCCCCCC)COP(=O)(O)OCC[N+](C)(C)C. The number of phosphoric acid groups is 1. The minimum Gasteiger partial charge on any atom is -0.498 e. The number of hydrogen-bond donors (Lipinski definition) is 1. The quantitative estimate of drug-likeness (QED) is 0.0167. The normalized spacial score (nSPS) is 14.4. The van der Waals surface area contributed by atoms with Crippen LogP contribution in [0.15, 0.2) is 60.9 Å². The molecule has 0 radical (unpaired) electrons. The lowest BCUT2D eigenvalue weighted by Gasteiger charge is -2.24. The van der Waals surface area contributed by atoms with E-state index in [-0.39, 0.29) is 26.2 Å². The summed E-state index contributed by atoms with van der Waals surface area (Å²) in [7, 11) is 1.59. The minimum atomic E-state index is -4.30. The van der Waals surface area contributed by atoms with Crippen LogP contribution in [-0.4, -0.2) is 69.0 Å². The number of rotatable bonds is 38. The van der Waals surface area contributed by atoms with E-state index in [1.807, 2.05) is 27.2 Å². The van der Waals surface area contributed by atoms with Crippen LogP contribution >= 0.6 is 7.82 Å². The van der Waals surface area contributed by atoms with Gasteiger partial charge in [-0.05, 0) is 63.9 Å². The first-order chi connectivity index (χ1) is 25.6. The largest absolute Gasteiger partial charge is 0.498 e. The fraction of sp³-hybridized carbons (Fsp3) is 0.750. The molecule has 308 valence electrons. The topological polar surface area (TPSA) is 91.3 Å². The summed E-state index contributed by atoms with van der Waals surface area (Å²) in [5, 5.41) is 0. The Balaban J connectivity index is 4.43. The van der Waals surface area contributed by atoms with Crippen LogP contribution in [0.3, 0.4) is 0 Å². The van der Waals surface area contributed by atoms with Crippen LogP contribution in [0.4, 0.5) is 0 Å². The lowest BCUT2D eigenvalue weighted by atomic mass is 10.0. The third kappa shape index (κ3) is 41.1. The van der Waals surface area contributed by atoms with Gasteiger partial charge in [0.1, 0.15) is 19.8 Å². The Bertz CT molecular complexity index is 1030. The number of ether oxygens (including phenoxy) is 2. The Morgan fingerprint density at radius 2 is 1.06 bits per heavy atom. The number of esters is 1. The van der Waals surface area contributed by atoms with Crippen molar-refractivity contribution in [2.45, 2.75) is 168 Å². The van der Waals surface area contributed by atoms with E-state index in [1.54, 1.807) is 6.26 Å². The van der Waals surface area contributed by atoms with Crippen molar-refractivity contribution < 1.29 is 37.3 Å². The van der Waals surface area contributed by atoms with Crippen molar-refractivity contribution in [3.8, 4) is 0 Å². The van der Waals surface area contributed by atoms with Gasteiger partial charge in [-0.3, -0.25) is 13.8 Å². The number of carbonyl (C=O) groups is 1. The second kappa shape index (κ2) is 37.0. The molecule has 0 fully saturated rings. The standard InChI is InChI=1S/C44H80NO7P/c1-6-8-10-12-14-16-18-20-22-23-24-25-27-29-31-33-35-37-44(46)52-43(42-51-53(47,48)50-40-38-45(3,4)5)41-49-39-36-34-32-30-28-26-21-19-17-15-13-11-9-7-2/h14,16,20,22,24-25,29,31,36,39,43H,6-13,15,17-19,21,23,26-28,30,32-35,37-38,40-42H2,1-5H3/p+1/b16-14-,22-20-,25-24-,31-29-,39-36-/t43-/m1/s1. The van der Waals surface area contributed by atoms with E-state index in [1.165, 1.54) is 96.3 Å². The molecule has 0 bridgehead atoms. The molecule has 9 heteroatoms. The minimum absolute atomic E-state index is 0.0245. The van der Waals surface area contributed by atoms with E-state index in [2.05, 4.69) is 62.5 Å². The molecule has 0 aliphatic rings. The predicted molar refractivity (Wildman–Crippen MR) is 224 cm³/mol. The summed E-state index contributed by atoms with van der Waals surface area (Å²) in [6, 6.07) is 0. The highest BCUT2D eigenvalue weighted by atomic mass is 31.2. The zero-order chi connectivity index (χ0) is 39.1. The average molecular weight is 767 g/mol. The third-order valence-corrected chi connectivity index (χ3v) is 9.63. The number of nitrogens with zero attached hydrogens (tertiary/aromatic N) is 1. The summed E-state index contributed by atoms with van der Waals surface area (Å²) in [6.07, 6.45) is 46.4. The van der Waals surface area contributed by atoms with Crippen LogP contribution < -0.4 is 0 Å². The van der Waals surface area contributed by atoms with E-state index < -0.39 is 19.9 Å². The lowest BCUT2D eigenvalue weighted by Crippen LogP contribution is -2.37. The molecule has 0 rings (SSSR count). The molecule has 8 nitrogen and oxygen atoms in total. The molecule has 53 heavy (non-hydrogen) atoms.